The third kappa shape index (κ3) is 8.90. The number of likely N-dealkylation sites (N-methyl/N-ethyl adjacent to an activating group) is 1. The summed E-state index contributed by atoms with van der Waals surface area (Å²) in [5, 5.41) is 8.52. The lowest BCUT2D eigenvalue weighted by atomic mass is 10.1. The van der Waals surface area contributed by atoms with E-state index in [1.165, 1.54) is 16.8 Å². The highest BCUT2D eigenvalue weighted by molar-refractivity contribution is 6.01. The number of likely N-dealkylation sites (tertiary alicyclic amines) is 1. The van der Waals surface area contributed by atoms with Crippen molar-refractivity contribution in [1.29, 1.82) is 0 Å². The van der Waals surface area contributed by atoms with Crippen LogP contribution in [0, 0.1) is 0 Å². The molecule has 3 atom stereocenters. The molecule has 256 valence electrons. The number of ether oxygens (including phenoxy) is 1. The van der Waals surface area contributed by atoms with Crippen molar-refractivity contribution in [3.05, 3.63) is 65.7 Å². The fourth-order valence-corrected chi connectivity index (χ4v) is 6.45. The lowest BCUT2D eigenvalue weighted by Gasteiger charge is -2.29. The van der Waals surface area contributed by atoms with Crippen LogP contribution in [0.3, 0.4) is 0 Å². The van der Waals surface area contributed by atoms with Crippen LogP contribution in [0.2, 0.25) is 0 Å². The standard InChI is InChI=1S/C35H44N6O7/c1-39-22-30(42)37-25(20-24-10-3-2-4-11-24)23-48-29-14-6-5-12-26(29)33(45)38-27(21-32(44)41-19-7-13-28(41)35(39)47)34(46)36-16-9-18-40-17-8-15-31(40)43/h2-6,10-12,14,25,27-28H,7-9,13,15-23H2,1H3,(H,36,46)(H,37,42)(H,38,45)/t25-,27+,28+/m1/s1. The van der Waals surface area contributed by atoms with Crippen LogP contribution in [0.25, 0.3) is 0 Å². The van der Waals surface area contributed by atoms with Crippen molar-refractivity contribution in [3.8, 4) is 5.75 Å². The zero-order valence-electron chi connectivity index (χ0n) is 27.3. The molecule has 13 nitrogen and oxygen atoms in total. The molecule has 3 aliphatic heterocycles. The molecule has 0 aromatic heterocycles. The molecular formula is C35H44N6O7. The minimum atomic E-state index is -1.23. The lowest BCUT2D eigenvalue weighted by molar-refractivity contribution is -0.145. The number of nitrogens with zero attached hydrogens (tertiary/aromatic N) is 3. The summed E-state index contributed by atoms with van der Waals surface area (Å²) >= 11 is 0. The molecule has 13 heteroatoms. The van der Waals surface area contributed by atoms with E-state index in [1.54, 1.807) is 29.2 Å². The summed E-state index contributed by atoms with van der Waals surface area (Å²) in [6, 6.07) is 13.7. The summed E-state index contributed by atoms with van der Waals surface area (Å²) in [4.78, 5) is 84.0. The highest BCUT2D eigenvalue weighted by Crippen LogP contribution is 2.22. The zero-order chi connectivity index (χ0) is 34.0. The Morgan fingerprint density at radius 2 is 1.71 bits per heavy atom. The largest absolute Gasteiger partial charge is 0.491 e. The summed E-state index contributed by atoms with van der Waals surface area (Å²) in [6.45, 7) is 1.59. The average Bonchev–Trinajstić information content (AvgIpc) is 3.74. The predicted molar refractivity (Wildman–Crippen MR) is 176 cm³/mol. The van der Waals surface area contributed by atoms with Gasteiger partial charge in [0.15, 0.2) is 0 Å². The SMILES string of the molecule is CN1CC(=O)N[C@H](Cc2ccccc2)COc2ccccc2C(=O)N[C@H](C(=O)NCCCN2CCCC2=O)CC(=O)N2CCC[C@H]2C1=O. The van der Waals surface area contributed by atoms with E-state index in [0.29, 0.717) is 51.7 Å². The van der Waals surface area contributed by atoms with E-state index in [4.69, 9.17) is 4.74 Å². The fourth-order valence-electron chi connectivity index (χ4n) is 6.45. The zero-order valence-corrected chi connectivity index (χ0v) is 27.3. The van der Waals surface area contributed by atoms with Gasteiger partial charge in [0.1, 0.15) is 24.4 Å². The minimum absolute atomic E-state index is 0.0287. The summed E-state index contributed by atoms with van der Waals surface area (Å²) < 4.78 is 6.11. The Morgan fingerprint density at radius 3 is 2.48 bits per heavy atom. The lowest BCUT2D eigenvalue weighted by Crippen LogP contribution is -2.53. The van der Waals surface area contributed by atoms with Crippen molar-refractivity contribution in [2.75, 3.05) is 46.4 Å². The van der Waals surface area contributed by atoms with Gasteiger partial charge in [-0.25, -0.2) is 0 Å². The Balaban J connectivity index is 1.38. The molecule has 2 fully saturated rings. The molecule has 5 rings (SSSR count). The second-order valence-corrected chi connectivity index (χ2v) is 12.6. The maximum Gasteiger partial charge on any atom is 0.255 e. The Morgan fingerprint density at radius 1 is 0.938 bits per heavy atom. The van der Waals surface area contributed by atoms with E-state index in [2.05, 4.69) is 16.0 Å². The Bertz CT molecular complexity index is 1500. The van der Waals surface area contributed by atoms with Crippen LogP contribution in [0.1, 0.15) is 54.4 Å². The summed E-state index contributed by atoms with van der Waals surface area (Å²) in [5.41, 5.74) is 1.13. The first-order valence-corrected chi connectivity index (χ1v) is 16.7. The van der Waals surface area contributed by atoms with Gasteiger partial charge in [-0.15, -0.1) is 0 Å². The third-order valence-electron chi connectivity index (χ3n) is 8.95. The van der Waals surface area contributed by atoms with Crippen molar-refractivity contribution < 1.29 is 33.5 Å². The smallest absolute Gasteiger partial charge is 0.255 e. The Labute approximate surface area is 280 Å². The van der Waals surface area contributed by atoms with E-state index in [-0.39, 0.29) is 55.2 Å². The molecule has 6 amide bonds. The molecule has 2 aromatic rings. The van der Waals surface area contributed by atoms with Crippen LogP contribution in [-0.4, -0.2) is 115 Å². The van der Waals surface area contributed by atoms with Gasteiger partial charge in [0.2, 0.25) is 29.5 Å². The van der Waals surface area contributed by atoms with Gasteiger partial charge in [-0.2, -0.15) is 0 Å². The Hall–Kier alpha value is -4.94. The van der Waals surface area contributed by atoms with Crippen LogP contribution < -0.4 is 20.7 Å². The molecule has 3 N–H and O–H groups in total. The fraction of sp³-hybridized carbons (Fsp3) is 0.486. The van der Waals surface area contributed by atoms with Crippen LogP contribution >= 0.6 is 0 Å². The van der Waals surface area contributed by atoms with E-state index < -0.39 is 35.8 Å². The number of hydrogen-bond donors (Lipinski definition) is 3. The number of carbonyl (C=O) groups is 6. The number of nitrogens with one attached hydrogen (secondary N) is 3. The summed E-state index contributed by atoms with van der Waals surface area (Å²) in [5.74, 6) is -2.01. The van der Waals surface area contributed by atoms with E-state index in [0.717, 1.165) is 12.0 Å². The average molecular weight is 661 g/mol. The number of para-hydroxylation sites is 1. The van der Waals surface area contributed by atoms with E-state index >= 15 is 0 Å². The van der Waals surface area contributed by atoms with Crippen molar-refractivity contribution in [2.24, 2.45) is 0 Å². The van der Waals surface area contributed by atoms with E-state index in [1.807, 2.05) is 30.3 Å². The van der Waals surface area contributed by atoms with Gasteiger partial charge in [0.25, 0.3) is 5.91 Å². The van der Waals surface area contributed by atoms with Crippen LogP contribution in [0.4, 0.5) is 0 Å². The number of carbonyl (C=O) groups excluding carboxylic acids is 6. The molecule has 2 aromatic carbocycles. The molecule has 0 radical (unpaired) electrons. The first-order chi connectivity index (χ1) is 23.2. The predicted octanol–water partition coefficient (Wildman–Crippen LogP) is 0.873. The van der Waals surface area contributed by atoms with Crippen molar-refractivity contribution in [1.82, 2.24) is 30.7 Å². The van der Waals surface area contributed by atoms with Gasteiger partial charge in [-0.3, -0.25) is 28.8 Å². The Kier molecular flexibility index (Phi) is 11.6. The molecule has 0 unspecified atom stereocenters. The monoisotopic (exact) mass is 660 g/mol. The second-order valence-electron chi connectivity index (χ2n) is 12.6. The van der Waals surface area contributed by atoms with Crippen LogP contribution in [-0.2, 0) is 30.4 Å². The third-order valence-corrected chi connectivity index (χ3v) is 8.95. The minimum Gasteiger partial charge on any atom is -0.491 e. The molecule has 2 saturated heterocycles. The molecule has 3 aliphatic rings. The van der Waals surface area contributed by atoms with Gasteiger partial charge >= 0.3 is 0 Å². The number of rotatable bonds is 7. The molecule has 0 spiro atoms. The first kappa shape index (κ1) is 34.4. The molecule has 0 aliphatic carbocycles. The van der Waals surface area contributed by atoms with Crippen LogP contribution in [0.5, 0.6) is 5.75 Å². The van der Waals surface area contributed by atoms with Gasteiger partial charge in [0, 0.05) is 39.6 Å². The molecule has 0 saturated carbocycles. The molecule has 3 heterocycles. The van der Waals surface area contributed by atoms with E-state index in [9.17, 15) is 28.8 Å². The molecule has 48 heavy (non-hydrogen) atoms. The maximum atomic E-state index is 13.7. The highest BCUT2D eigenvalue weighted by Gasteiger charge is 2.38. The molecular weight excluding hydrogens is 616 g/mol. The summed E-state index contributed by atoms with van der Waals surface area (Å²) in [7, 11) is 1.53. The highest BCUT2D eigenvalue weighted by atomic mass is 16.5. The maximum absolute atomic E-state index is 13.7. The first-order valence-electron chi connectivity index (χ1n) is 16.7. The second kappa shape index (κ2) is 16.2. The number of benzene rings is 2. The van der Waals surface area contributed by atoms with Crippen molar-refractivity contribution in [3.63, 3.8) is 0 Å². The van der Waals surface area contributed by atoms with Crippen LogP contribution in [0.15, 0.2) is 54.6 Å². The number of fused-ring (bicyclic) bond motifs is 2. The summed E-state index contributed by atoms with van der Waals surface area (Å²) in [6.07, 6.45) is 2.97. The molecule has 0 bridgehead atoms. The normalized spacial score (nSPS) is 22.7. The van der Waals surface area contributed by atoms with Gasteiger partial charge in [0.05, 0.1) is 24.6 Å². The van der Waals surface area contributed by atoms with Gasteiger partial charge in [-0.1, -0.05) is 42.5 Å². The van der Waals surface area contributed by atoms with Crippen molar-refractivity contribution >= 4 is 35.4 Å². The number of hydrogen-bond acceptors (Lipinski definition) is 7. The van der Waals surface area contributed by atoms with Gasteiger partial charge < -0.3 is 35.4 Å². The number of amides is 6. The van der Waals surface area contributed by atoms with Gasteiger partial charge in [-0.05, 0) is 49.8 Å². The quantitative estimate of drug-likeness (QED) is 0.372. The van der Waals surface area contributed by atoms with Crippen molar-refractivity contribution in [2.45, 2.75) is 63.1 Å². The topological polar surface area (TPSA) is 157 Å².